The lowest BCUT2D eigenvalue weighted by molar-refractivity contribution is -0.307. The third kappa shape index (κ3) is 3.90. The van der Waals surface area contributed by atoms with E-state index in [-0.39, 0.29) is 11.3 Å². The molecule has 1 heterocycles. The number of nitrogens with one attached hydrogen (secondary N) is 1. The number of carbonyl (C=O) groups is 4. The van der Waals surface area contributed by atoms with E-state index in [0.717, 1.165) is 10.5 Å². The van der Waals surface area contributed by atoms with Crippen LogP contribution in [0.25, 0.3) is 6.08 Å². The Kier molecular flexibility index (Phi) is 5.21. The number of imide groups is 2. The molecule has 0 aliphatic carbocycles. The number of ether oxygens (including phenoxy) is 1. The van der Waals surface area contributed by atoms with Crippen LogP contribution in [0.5, 0.6) is 5.75 Å². The van der Waals surface area contributed by atoms with Gasteiger partial charge in [-0.05, 0) is 36.8 Å². The number of barbiturate groups is 1. The molecule has 1 aliphatic heterocycles. The van der Waals surface area contributed by atoms with Crippen LogP contribution in [-0.4, -0.2) is 30.4 Å². The molecule has 0 bridgehead atoms. The molecule has 0 aromatic heterocycles. The SMILES string of the molecule is Cc1cccc(N2C(=O)NC(=O)/C(=C/c3ccccc3OCC(=O)[O-])C2=O)c1. The van der Waals surface area contributed by atoms with Gasteiger partial charge in [0.25, 0.3) is 11.8 Å². The zero-order valence-corrected chi connectivity index (χ0v) is 14.8. The fraction of sp³-hybridized carbons (Fsp3) is 0.100. The summed E-state index contributed by atoms with van der Waals surface area (Å²) < 4.78 is 5.13. The summed E-state index contributed by atoms with van der Waals surface area (Å²) in [7, 11) is 0. The fourth-order valence-electron chi connectivity index (χ4n) is 2.68. The Morgan fingerprint density at radius 2 is 1.89 bits per heavy atom. The third-order valence-corrected chi connectivity index (χ3v) is 3.93. The predicted molar refractivity (Wildman–Crippen MR) is 97.1 cm³/mol. The number of carboxylic acids is 1. The molecule has 2 aromatic carbocycles. The Bertz CT molecular complexity index is 1010. The Balaban J connectivity index is 1.99. The maximum atomic E-state index is 12.9. The van der Waals surface area contributed by atoms with Crippen LogP contribution in [0.2, 0.25) is 0 Å². The van der Waals surface area contributed by atoms with Gasteiger partial charge < -0.3 is 14.6 Å². The average molecular weight is 379 g/mol. The van der Waals surface area contributed by atoms with Crippen LogP contribution in [0.1, 0.15) is 11.1 Å². The molecule has 2 aromatic rings. The number of aliphatic carboxylic acids is 1. The van der Waals surface area contributed by atoms with E-state index in [0.29, 0.717) is 11.3 Å². The zero-order valence-electron chi connectivity index (χ0n) is 14.8. The summed E-state index contributed by atoms with van der Waals surface area (Å²) in [6, 6.07) is 12.1. The molecule has 1 saturated heterocycles. The van der Waals surface area contributed by atoms with Crippen molar-refractivity contribution in [2.75, 3.05) is 11.5 Å². The molecule has 1 N–H and O–H groups in total. The van der Waals surface area contributed by atoms with Crippen LogP contribution >= 0.6 is 0 Å². The minimum absolute atomic E-state index is 0.152. The van der Waals surface area contributed by atoms with Gasteiger partial charge in [-0.2, -0.15) is 0 Å². The molecule has 0 saturated carbocycles. The summed E-state index contributed by atoms with van der Waals surface area (Å²) in [5.74, 6) is -2.91. The predicted octanol–water partition coefficient (Wildman–Crippen LogP) is 0.790. The highest BCUT2D eigenvalue weighted by Crippen LogP contribution is 2.25. The van der Waals surface area contributed by atoms with Gasteiger partial charge in [-0.25, -0.2) is 9.69 Å². The summed E-state index contributed by atoms with van der Waals surface area (Å²) in [5, 5.41) is 12.8. The molecule has 0 atom stereocenters. The number of aryl methyl sites for hydroxylation is 1. The largest absolute Gasteiger partial charge is 0.546 e. The minimum atomic E-state index is -1.41. The van der Waals surface area contributed by atoms with E-state index in [2.05, 4.69) is 5.32 Å². The number of nitrogens with zero attached hydrogens (tertiary/aromatic N) is 1. The van der Waals surface area contributed by atoms with Crippen molar-refractivity contribution in [2.24, 2.45) is 0 Å². The molecule has 1 aliphatic rings. The first-order valence-corrected chi connectivity index (χ1v) is 8.26. The van der Waals surface area contributed by atoms with E-state index in [1.165, 1.54) is 12.1 Å². The van der Waals surface area contributed by atoms with Gasteiger partial charge in [0.2, 0.25) is 0 Å². The van der Waals surface area contributed by atoms with Crippen LogP contribution in [0.15, 0.2) is 54.1 Å². The standard InChI is InChI=1S/C20H16N2O6/c1-12-5-4-7-14(9-12)22-19(26)15(18(25)21-20(22)27)10-13-6-2-3-8-16(13)28-11-17(23)24/h2-10H,11H2,1H3,(H,23,24)(H,21,25,27)/p-1/b15-10-. The van der Waals surface area contributed by atoms with E-state index in [1.54, 1.807) is 36.4 Å². The van der Waals surface area contributed by atoms with Crippen molar-refractivity contribution in [3.8, 4) is 5.75 Å². The van der Waals surface area contributed by atoms with Crippen molar-refractivity contribution in [1.82, 2.24) is 5.32 Å². The maximum Gasteiger partial charge on any atom is 0.335 e. The fourth-order valence-corrected chi connectivity index (χ4v) is 2.68. The van der Waals surface area contributed by atoms with Gasteiger partial charge in [0.05, 0.1) is 11.7 Å². The van der Waals surface area contributed by atoms with Crippen molar-refractivity contribution >= 4 is 35.6 Å². The van der Waals surface area contributed by atoms with E-state index < -0.39 is 30.4 Å². The Labute approximate surface area is 160 Å². The summed E-state index contributed by atoms with van der Waals surface area (Å²) >= 11 is 0. The second-order valence-electron chi connectivity index (χ2n) is 6.00. The monoisotopic (exact) mass is 379 g/mol. The molecule has 3 rings (SSSR count). The molecule has 8 nitrogen and oxygen atoms in total. The summed E-state index contributed by atoms with van der Waals surface area (Å²) in [6.45, 7) is 1.12. The Morgan fingerprint density at radius 1 is 1.14 bits per heavy atom. The molecule has 4 amide bonds. The van der Waals surface area contributed by atoms with Gasteiger partial charge in [-0.1, -0.05) is 30.3 Å². The molecule has 142 valence electrons. The maximum absolute atomic E-state index is 12.9. The number of urea groups is 1. The molecular formula is C20H15N2O6-. The van der Waals surface area contributed by atoms with Crippen LogP contribution in [-0.2, 0) is 14.4 Å². The number of amides is 4. The second kappa shape index (κ2) is 7.75. The molecule has 8 heteroatoms. The quantitative estimate of drug-likeness (QED) is 0.607. The topological polar surface area (TPSA) is 116 Å². The van der Waals surface area contributed by atoms with E-state index in [4.69, 9.17) is 4.74 Å². The first-order valence-electron chi connectivity index (χ1n) is 8.26. The lowest BCUT2D eigenvalue weighted by atomic mass is 10.1. The van der Waals surface area contributed by atoms with E-state index in [1.807, 2.05) is 13.0 Å². The molecule has 0 spiro atoms. The third-order valence-electron chi connectivity index (χ3n) is 3.93. The first-order chi connectivity index (χ1) is 13.4. The first kappa shape index (κ1) is 18.8. The summed E-state index contributed by atoms with van der Waals surface area (Å²) in [6.07, 6.45) is 1.25. The lowest BCUT2D eigenvalue weighted by Gasteiger charge is -2.26. The van der Waals surface area contributed by atoms with Crippen molar-refractivity contribution in [3.05, 3.63) is 65.2 Å². The van der Waals surface area contributed by atoms with Crippen molar-refractivity contribution in [2.45, 2.75) is 6.92 Å². The number of hydrogen-bond acceptors (Lipinski definition) is 6. The number of rotatable bonds is 5. The van der Waals surface area contributed by atoms with Crippen molar-refractivity contribution < 1.29 is 29.0 Å². The lowest BCUT2D eigenvalue weighted by Crippen LogP contribution is -2.54. The summed E-state index contributed by atoms with van der Waals surface area (Å²) in [5.41, 5.74) is 1.18. The van der Waals surface area contributed by atoms with E-state index >= 15 is 0 Å². The second-order valence-corrected chi connectivity index (χ2v) is 6.00. The number of hydrogen-bond donors (Lipinski definition) is 1. The highest BCUT2D eigenvalue weighted by atomic mass is 16.5. The molecular weight excluding hydrogens is 364 g/mol. The van der Waals surface area contributed by atoms with Crippen LogP contribution in [0.4, 0.5) is 10.5 Å². The molecule has 0 radical (unpaired) electrons. The van der Waals surface area contributed by atoms with Crippen LogP contribution < -0.4 is 20.1 Å². The van der Waals surface area contributed by atoms with Gasteiger partial charge in [0.15, 0.2) is 0 Å². The van der Waals surface area contributed by atoms with Crippen LogP contribution in [0.3, 0.4) is 0 Å². The number of carbonyl (C=O) groups excluding carboxylic acids is 4. The van der Waals surface area contributed by atoms with Gasteiger partial charge in [0, 0.05) is 5.56 Å². The highest BCUT2D eigenvalue weighted by molar-refractivity contribution is 6.39. The van der Waals surface area contributed by atoms with E-state index in [9.17, 15) is 24.3 Å². The molecule has 0 unspecified atom stereocenters. The van der Waals surface area contributed by atoms with Crippen molar-refractivity contribution in [3.63, 3.8) is 0 Å². The number of para-hydroxylation sites is 1. The Hall–Kier alpha value is -3.94. The number of anilines is 1. The molecule has 28 heavy (non-hydrogen) atoms. The zero-order chi connectivity index (χ0) is 20.3. The van der Waals surface area contributed by atoms with Crippen molar-refractivity contribution in [1.29, 1.82) is 0 Å². The number of benzene rings is 2. The average Bonchev–Trinajstić information content (AvgIpc) is 2.64. The molecule has 1 fully saturated rings. The summed E-state index contributed by atoms with van der Waals surface area (Å²) in [4.78, 5) is 48.8. The van der Waals surface area contributed by atoms with Gasteiger partial charge in [0.1, 0.15) is 17.9 Å². The Morgan fingerprint density at radius 3 is 2.61 bits per heavy atom. The smallest absolute Gasteiger partial charge is 0.335 e. The minimum Gasteiger partial charge on any atom is -0.546 e. The van der Waals surface area contributed by atoms with Gasteiger partial charge in [-0.15, -0.1) is 0 Å². The number of carboxylic acid groups (broad SMARTS) is 1. The van der Waals surface area contributed by atoms with Gasteiger partial charge >= 0.3 is 6.03 Å². The normalized spacial score (nSPS) is 15.5. The van der Waals surface area contributed by atoms with Crippen LogP contribution in [0, 0.1) is 6.92 Å². The van der Waals surface area contributed by atoms with Gasteiger partial charge in [-0.3, -0.25) is 14.9 Å². The highest BCUT2D eigenvalue weighted by Gasteiger charge is 2.36.